The lowest BCUT2D eigenvalue weighted by atomic mass is 9.73. The van der Waals surface area contributed by atoms with Crippen LogP contribution in [0.2, 0.25) is 0 Å². The van der Waals surface area contributed by atoms with Gasteiger partial charge in [-0.25, -0.2) is 0 Å². The summed E-state index contributed by atoms with van der Waals surface area (Å²) in [5, 5.41) is 47.6. The van der Waals surface area contributed by atoms with Gasteiger partial charge < -0.3 is 34.8 Å². The van der Waals surface area contributed by atoms with Crippen LogP contribution in [-0.4, -0.2) is 58.4 Å². The molecule has 36 heavy (non-hydrogen) atoms. The van der Waals surface area contributed by atoms with Crippen LogP contribution in [0, 0.1) is 25.2 Å². The zero-order valence-corrected chi connectivity index (χ0v) is 20.2. The Labute approximate surface area is 209 Å². The number of fused-ring (bicyclic) bond motifs is 9. The molecular formula is C27H28N3O6-. The monoisotopic (exact) mass is 490 g/mol. The third-order valence-electron chi connectivity index (χ3n) is 7.99. The van der Waals surface area contributed by atoms with Gasteiger partial charge in [0.1, 0.15) is 12.4 Å². The van der Waals surface area contributed by atoms with Gasteiger partial charge in [-0.3, -0.25) is 4.90 Å². The van der Waals surface area contributed by atoms with Crippen LogP contribution in [0.4, 0.5) is 0 Å². The van der Waals surface area contributed by atoms with E-state index in [0.717, 1.165) is 22.3 Å². The first kappa shape index (κ1) is 23.0. The lowest BCUT2D eigenvalue weighted by Crippen LogP contribution is -2.61. The molecule has 9 nitrogen and oxygen atoms in total. The van der Waals surface area contributed by atoms with Gasteiger partial charge in [0, 0.05) is 22.7 Å². The van der Waals surface area contributed by atoms with Gasteiger partial charge in [0.2, 0.25) is 6.79 Å². The van der Waals surface area contributed by atoms with E-state index < -0.39 is 18.1 Å². The van der Waals surface area contributed by atoms with E-state index in [2.05, 4.69) is 12.6 Å². The van der Waals surface area contributed by atoms with Gasteiger partial charge in [0.25, 0.3) is 0 Å². The van der Waals surface area contributed by atoms with E-state index in [1.54, 1.807) is 13.0 Å². The molecule has 2 aromatic carbocycles. The molecule has 1 saturated heterocycles. The number of aryl methyl sites for hydroxylation is 1. The van der Waals surface area contributed by atoms with Crippen molar-refractivity contribution in [3.63, 3.8) is 0 Å². The molecule has 0 aromatic heterocycles. The minimum absolute atomic E-state index is 0.0667. The molecule has 0 amide bonds. The third-order valence-corrected chi connectivity index (χ3v) is 7.99. The molecule has 188 valence electrons. The Balaban J connectivity index is 1.58. The number of ether oxygens (including phenoxy) is 3. The van der Waals surface area contributed by atoms with Crippen molar-refractivity contribution in [3.05, 3.63) is 57.4 Å². The van der Waals surface area contributed by atoms with Crippen LogP contribution in [0.1, 0.15) is 45.5 Å². The Kier molecular flexibility index (Phi) is 5.30. The Hall–Kier alpha value is -3.45. The van der Waals surface area contributed by atoms with Gasteiger partial charge in [-0.05, 0) is 43.4 Å². The molecule has 0 saturated carbocycles. The number of phenolic OH excluding ortho intramolecular Hbond substituents is 2. The zero-order chi connectivity index (χ0) is 25.3. The Morgan fingerprint density at radius 3 is 2.72 bits per heavy atom. The highest BCUT2D eigenvalue weighted by atomic mass is 16.7. The highest BCUT2D eigenvalue weighted by molar-refractivity contribution is 5.67. The molecule has 5 atom stereocenters. The first-order chi connectivity index (χ1) is 17.4. The van der Waals surface area contributed by atoms with E-state index in [-0.39, 0.29) is 37.0 Å². The van der Waals surface area contributed by atoms with E-state index in [9.17, 15) is 20.6 Å². The number of rotatable bonds is 4. The van der Waals surface area contributed by atoms with E-state index >= 15 is 0 Å². The highest BCUT2D eigenvalue weighted by Crippen LogP contribution is 2.59. The Morgan fingerprint density at radius 2 is 2.00 bits per heavy atom. The van der Waals surface area contributed by atoms with E-state index in [0.29, 0.717) is 47.8 Å². The SMILES string of the molecule is C=CCOc1c(C)c2c(c3c1CC1[C@@H]4[N-][C@@H](Cc5cc(C)c(O)c(O)c54)[C@H](C#N)N1[C@H]3CO)OCO2. The molecule has 9 heteroatoms. The van der Waals surface area contributed by atoms with Crippen molar-refractivity contribution in [1.29, 1.82) is 5.26 Å². The number of piperazine rings is 1. The number of hydrogen-bond acceptors (Lipinski definition) is 8. The van der Waals surface area contributed by atoms with Gasteiger partial charge in [-0.15, -0.1) is 6.04 Å². The predicted octanol–water partition coefficient (Wildman–Crippen LogP) is 3.21. The second-order valence-corrected chi connectivity index (χ2v) is 9.83. The van der Waals surface area contributed by atoms with Crippen LogP contribution in [-0.2, 0) is 12.8 Å². The summed E-state index contributed by atoms with van der Waals surface area (Å²) in [6.45, 7) is 7.53. The number of aromatic hydroxyl groups is 2. The number of nitrogens with zero attached hydrogens (tertiary/aromatic N) is 3. The zero-order valence-electron chi connectivity index (χ0n) is 20.2. The molecule has 4 aliphatic heterocycles. The highest BCUT2D eigenvalue weighted by Gasteiger charge is 2.50. The van der Waals surface area contributed by atoms with Crippen LogP contribution < -0.4 is 14.2 Å². The largest absolute Gasteiger partial charge is 0.649 e. The number of phenols is 2. The molecule has 2 aromatic rings. The summed E-state index contributed by atoms with van der Waals surface area (Å²) in [5.41, 5.74) is 4.50. The van der Waals surface area contributed by atoms with Crippen molar-refractivity contribution in [2.24, 2.45) is 0 Å². The number of aliphatic hydroxyl groups is 1. The molecule has 0 spiro atoms. The minimum Gasteiger partial charge on any atom is -0.649 e. The van der Waals surface area contributed by atoms with Crippen LogP contribution >= 0.6 is 0 Å². The molecule has 1 unspecified atom stereocenters. The Morgan fingerprint density at radius 1 is 1.22 bits per heavy atom. The summed E-state index contributed by atoms with van der Waals surface area (Å²) in [6, 6.07) is 2.00. The first-order valence-corrected chi connectivity index (χ1v) is 12.1. The fourth-order valence-corrected chi connectivity index (χ4v) is 6.56. The summed E-state index contributed by atoms with van der Waals surface area (Å²) in [7, 11) is 0. The second-order valence-electron chi connectivity index (χ2n) is 9.83. The van der Waals surface area contributed by atoms with Crippen molar-refractivity contribution in [2.75, 3.05) is 20.0 Å². The lowest BCUT2D eigenvalue weighted by Gasteiger charge is -2.63. The maximum absolute atomic E-state index is 11.0. The van der Waals surface area contributed by atoms with E-state index in [1.165, 1.54) is 0 Å². The molecule has 1 fully saturated rings. The summed E-state index contributed by atoms with van der Waals surface area (Å²) < 4.78 is 17.8. The normalized spacial score (nSPS) is 27.4. The predicted molar refractivity (Wildman–Crippen MR) is 130 cm³/mol. The summed E-state index contributed by atoms with van der Waals surface area (Å²) in [6.07, 6.45) is 2.58. The maximum atomic E-state index is 11.0. The Bertz CT molecular complexity index is 1320. The maximum Gasteiger partial charge on any atom is 0.231 e. The number of nitriles is 1. The average Bonchev–Trinajstić information content (AvgIpc) is 3.37. The van der Waals surface area contributed by atoms with Crippen molar-refractivity contribution in [2.45, 2.75) is 56.9 Å². The molecule has 4 heterocycles. The van der Waals surface area contributed by atoms with Gasteiger partial charge in [-0.1, -0.05) is 24.8 Å². The van der Waals surface area contributed by atoms with Gasteiger partial charge in [0.15, 0.2) is 23.0 Å². The molecular weight excluding hydrogens is 462 g/mol. The number of benzene rings is 2. The summed E-state index contributed by atoms with van der Waals surface area (Å²) >= 11 is 0. The van der Waals surface area contributed by atoms with Crippen molar-refractivity contribution in [1.82, 2.24) is 4.90 Å². The summed E-state index contributed by atoms with van der Waals surface area (Å²) in [4.78, 5) is 2.03. The summed E-state index contributed by atoms with van der Waals surface area (Å²) in [5.74, 6) is 1.50. The quantitative estimate of drug-likeness (QED) is 0.440. The third kappa shape index (κ3) is 2.98. The van der Waals surface area contributed by atoms with Crippen LogP contribution in [0.5, 0.6) is 28.7 Å². The van der Waals surface area contributed by atoms with Crippen molar-refractivity contribution in [3.8, 4) is 34.8 Å². The molecule has 0 aliphatic carbocycles. The average molecular weight is 491 g/mol. The smallest absolute Gasteiger partial charge is 0.231 e. The van der Waals surface area contributed by atoms with Crippen LogP contribution in [0.3, 0.4) is 0 Å². The molecule has 6 rings (SSSR count). The first-order valence-electron chi connectivity index (χ1n) is 12.1. The fraction of sp³-hybridized carbons (Fsp3) is 0.444. The van der Waals surface area contributed by atoms with Crippen LogP contribution in [0.15, 0.2) is 18.7 Å². The molecule has 4 aliphatic rings. The van der Waals surface area contributed by atoms with E-state index in [4.69, 9.17) is 19.5 Å². The van der Waals surface area contributed by atoms with Crippen molar-refractivity contribution >= 4 is 0 Å². The van der Waals surface area contributed by atoms with Gasteiger partial charge >= 0.3 is 0 Å². The fourth-order valence-electron chi connectivity index (χ4n) is 6.56. The number of aliphatic hydroxyl groups excluding tert-OH is 1. The molecule has 3 N–H and O–H groups in total. The van der Waals surface area contributed by atoms with Gasteiger partial charge in [0.05, 0.1) is 24.8 Å². The lowest BCUT2D eigenvalue weighted by molar-refractivity contribution is 0.0124. The molecule has 0 radical (unpaired) electrons. The second kappa shape index (κ2) is 8.30. The number of hydrogen-bond donors (Lipinski definition) is 3. The molecule has 2 bridgehead atoms. The topological polar surface area (TPSA) is 130 Å². The van der Waals surface area contributed by atoms with Crippen LogP contribution in [0.25, 0.3) is 5.32 Å². The minimum atomic E-state index is -0.585. The van der Waals surface area contributed by atoms with Crippen molar-refractivity contribution < 1.29 is 29.5 Å². The van der Waals surface area contributed by atoms with Gasteiger partial charge in [-0.2, -0.15) is 5.26 Å². The standard InChI is InChI=1S/C27H28N3O6/c1-4-5-34-25-13(3)26-27(36-11-35-26)21-15(25)8-17-22-20-14(6-12(2)23(32)24(20)33)7-16(29-22)18(9-28)30(17)19(21)10-31/h4,6,16-19,22,31-33H,1,5,7-8,10-11H2,2-3H3/q-1/t16-,17?,18-,19-,22-/m0/s1. The van der Waals surface area contributed by atoms with E-state index in [1.807, 2.05) is 17.9 Å².